The molecular formula is C21H23N3O5S. The highest BCUT2D eigenvalue weighted by Gasteiger charge is 2.26. The molecule has 2 amide bonds. The molecule has 0 bridgehead atoms. The highest BCUT2D eigenvalue weighted by atomic mass is 32.2. The number of nitrogens with one attached hydrogen (secondary N) is 2. The van der Waals surface area contributed by atoms with Crippen molar-refractivity contribution in [2.45, 2.75) is 37.2 Å². The third-order valence-electron chi connectivity index (χ3n) is 5.24. The third-order valence-corrected chi connectivity index (χ3v) is 7.15. The van der Waals surface area contributed by atoms with Crippen molar-refractivity contribution in [1.29, 1.82) is 0 Å². The number of carbonyl (C=O) groups is 2. The van der Waals surface area contributed by atoms with Crippen LogP contribution in [0, 0.1) is 0 Å². The van der Waals surface area contributed by atoms with Gasteiger partial charge in [0.15, 0.2) is 6.10 Å². The van der Waals surface area contributed by atoms with Crippen molar-refractivity contribution in [3.63, 3.8) is 0 Å². The summed E-state index contributed by atoms with van der Waals surface area (Å²) >= 11 is 0. The Bertz CT molecular complexity index is 1080. The lowest BCUT2D eigenvalue weighted by Gasteiger charge is -2.25. The molecule has 8 nitrogen and oxygen atoms in total. The first-order chi connectivity index (χ1) is 14.3. The van der Waals surface area contributed by atoms with E-state index in [1.54, 1.807) is 25.1 Å². The molecule has 2 aromatic carbocycles. The molecule has 1 saturated heterocycles. The minimum absolute atomic E-state index is 0.184. The smallest absolute Gasteiger partial charge is 0.265 e. The maximum Gasteiger partial charge on any atom is 0.265 e. The number of ether oxygens (including phenoxy) is 1. The molecule has 2 heterocycles. The summed E-state index contributed by atoms with van der Waals surface area (Å²) in [7, 11) is -3.54. The van der Waals surface area contributed by atoms with E-state index >= 15 is 0 Å². The van der Waals surface area contributed by atoms with E-state index in [2.05, 4.69) is 10.6 Å². The van der Waals surface area contributed by atoms with Gasteiger partial charge in [0.25, 0.3) is 11.8 Å². The van der Waals surface area contributed by atoms with Gasteiger partial charge in [-0.2, -0.15) is 4.31 Å². The van der Waals surface area contributed by atoms with Gasteiger partial charge in [-0.05, 0) is 62.2 Å². The lowest BCUT2D eigenvalue weighted by Crippen LogP contribution is -2.35. The fourth-order valence-electron chi connectivity index (χ4n) is 3.52. The summed E-state index contributed by atoms with van der Waals surface area (Å²) in [4.78, 5) is 24.5. The molecule has 0 saturated carbocycles. The molecule has 0 aliphatic carbocycles. The van der Waals surface area contributed by atoms with Gasteiger partial charge in [0.05, 0.1) is 10.6 Å². The van der Waals surface area contributed by atoms with Crippen molar-refractivity contribution < 1.29 is 22.7 Å². The van der Waals surface area contributed by atoms with Gasteiger partial charge >= 0.3 is 0 Å². The summed E-state index contributed by atoms with van der Waals surface area (Å²) in [5.41, 5.74) is 1.31. The lowest BCUT2D eigenvalue weighted by molar-refractivity contribution is -0.122. The molecule has 0 spiro atoms. The molecule has 1 fully saturated rings. The molecule has 2 aliphatic heterocycles. The van der Waals surface area contributed by atoms with Gasteiger partial charge in [-0.1, -0.05) is 6.42 Å². The van der Waals surface area contributed by atoms with E-state index in [0.717, 1.165) is 19.3 Å². The van der Waals surface area contributed by atoms with E-state index < -0.39 is 16.1 Å². The van der Waals surface area contributed by atoms with Gasteiger partial charge in [0.2, 0.25) is 10.0 Å². The van der Waals surface area contributed by atoms with Crippen LogP contribution in [0.2, 0.25) is 0 Å². The standard InChI is InChI=1S/C21H23N3O5S/c1-14-20(25)23-18-13-16(7-10-19(18)29-14)22-21(26)15-5-8-17(9-6-15)30(27,28)24-11-3-2-4-12-24/h5-10,13-14H,2-4,11-12H2,1H3,(H,22,26)(H,23,25). The Morgan fingerprint density at radius 3 is 2.50 bits per heavy atom. The zero-order chi connectivity index (χ0) is 21.3. The zero-order valence-corrected chi connectivity index (χ0v) is 17.4. The van der Waals surface area contributed by atoms with Crippen molar-refractivity contribution >= 4 is 33.2 Å². The number of sulfonamides is 1. The SMILES string of the molecule is CC1Oc2ccc(NC(=O)c3ccc(S(=O)(=O)N4CCCCC4)cc3)cc2NC1=O. The summed E-state index contributed by atoms with van der Waals surface area (Å²) in [5.74, 6) is -0.0999. The van der Waals surface area contributed by atoms with Gasteiger partial charge in [0, 0.05) is 24.3 Å². The Hall–Kier alpha value is -2.91. The minimum atomic E-state index is -3.54. The van der Waals surface area contributed by atoms with Crippen LogP contribution < -0.4 is 15.4 Å². The molecule has 30 heavy (non-hydrogen) atoms. The van der Waals surface area contributed by atoms with Crippen molar-refractivity contribution in [3.05, 3.63) is 48.0 Å². The summed E-state index contributed by atoms with van der Waals surface area (Å²) in [5, 5.41) is 5.48. The second kappa shape index (κ2) is 8.08. The van der Waals surface area contributed by atoms with Gasteiger partial charge in [-0.3, -0.25) is 9.59 Å². The quantitative estimate of drug-likeness (QED) is 0.778. The van der Waals surface area contributed by atoms with Gasteiger partial charge in [0.1, 0.15) is 5.75 Å². The zero-order valence-electron chi connectivity index (χ0n) is 16.6. The normalized spacial score (nSPS) is 19.4. The molecule has 1 unspecified atom stereocenters. The number of rotatable bonds is 4. The van der Waals surface area contributed by atoms with E-state index in [1.807, 2.05) is 0 Å². The van der Waals surface area contributed by atoms with Crippen LogP contribution >= 0.6 is 0 Å². The number of fused-ring (bicyclic) bond motifs is 1. The van der Waals surface area contributed by atoms with Gasteiger partial charge in [-0.15, -0.1) is 0 Å². The number of benzene rings is 2. The van der Waals surface area contributed by atoms with Crippen LogP contribution in [0.25, 0.3) is 0 Å². The molecule has 1 atom stereocenters. The van der Waals surface area contributed by atoms with E-state index in [0.29, 0.717) is 35.8 Å². The number of piperidine rings is 1. The number of anilines is 2. The molecule has 2 N–H and O–H groups in total. The molecule has 4 rings (SSSR count). The predicted octanol–water partition coefficient (Wildman–Crippen LogP) is 2.83. The first kappa shape index (κ1) is 20.4. The summed E-state index contributed by atoms with van der Waals surface area (Å²) in [6.07, 6.45) is 2.20. The van der Waals surface area contributed by atoms with Crippen LogP contribution in [0.3, 0.4) is 0 Å². The van der Waals surface area contributed by atoms with Crippen molar-refractivity contribution in [3.8, 4) is 5.75 Å². The highest BCUT2D eigenvalue weighted by Crippen LogP contribution is 2.32. The van der Waals surface area contributed by atoms with E-state index in [-0.39, 0.29) is 16.7 Å². The molecule has 0 radical (unpaired) electrons. The van der Waals surface area contributed by atoms with Crippen LogP contribution in [-0.2, 0) is 14.8 Å². The largest absolute Gasteiger partial charge is 0.479 e. The van der Waals surface area contributed by atoms with Crippen LogP contribution in [-0.4, -0.2) is 43.7 Å². The van der Waals surface area contributed by atoms with Crippen LogP contribution in [0.1, 0.15) is 36.5 Å². The number of hydrogen-bond donors (Lipinski definition) is 2. The molecule has 2 aromatic rings. The maximum absolute atomic E-state index is 12.7. The van der Waals surface area contributed by atoms with Crippen molar-refractivity contribution in [2.24, 2.45) is 0 Å². The first-order valence-corrected chi connectivity index (χ1v) is 11.3. The summed E-state index contributed by atoms with van der Waals surface area (Å²) in [6.45, 7) is 2.72. The fraction of sp³-hybridized carbons (Fsp3) is 0.333. The third kappa shape index (κ3) is 4.03. The Labute approximate surface area is 175 Å². The average Bonchev–Trinajstić information content (AvgIpc) is 2.75. The molecule has 2 aliphatic rings. The minimum Gasteiger partial charge on any atom is -0.479 e. The van der Waals surface area contributed by atoms with Gasteiger partial charge in [-0.25, -0.2) is 8.42 Å². The molecular weight excluding hydrogens is 406 g/mol. The number of hydrogen-bond acceptors (Lipinski definition) is 5. The fourth-order valence-corrected chi connectivity index (χ4v) is 5.04. The Kier molecular flexibility index (Phi) is 5.48. The second-order valence-corrected chi connectivity index (χ2v) is 9.34. The monoisotopic (exact) mass is 429 g/mol. The second-order valence-electron chi connectivity index (χ2n) is 7.40. The summed E-state index contributed by atoms with van der Waals surface area (Å²) < 4.78 is 32.4. The molecule has 0 aromatic heterocycles. The average molecular weight is 429 g/mol. The van der Waals surface area contributed by atoms with E-state index in [4.69, 9.17) is 4.74 Å². The maximum atomic E-state index is 12.7. The Morgan fingerprint density at radius 2 is 1.80 bits per heavy atom. The summed E-state index contributed by atoms with van der Waals surface area (Å²) in [6, 6.07) is 10.9. The molecule has 158 valence electrons. The first-order valence-electron chi connectivity index (χ1n) is 9.88. The number of amides is 2. The van der Waals surface area contributed by atoms with E-state index in [9.17, 15) is 18.0 Å². The van der Waals surface area contributed by atoms with Crippen LogP contribution in [0.4, 0.5) is 11.4 Å². The Morgan fingerprint density at radius 1 is 1.10 bits per heavy atom. The molecule has 9 heteroatoms. The highest BCUT2D eigenvalue weighted by molar-refractivity contribution is 7.89. The number of carbonyl (C=O) groups excluding carboxylic acids is 2. The predicted molar refractivity (Wildman–Crippen MR) is 112 cm³/mol. The number of nitrogens with zero attached hydrogens (tertiary/aromatic N) is 1. The Balaban J connectivity index is 1.47. The topological polar surface area (TPSA) is 105 Å². The lowest BCUT2D eigenvalue weighted by atomic mass is 10.2. The van der Waals surface area contributed by atoms with Gasteiger partial charge < -0.3 is 15.4 Å². The van der Waals surface area contributed by atoms with Crippen LogP contribution in [0.5, 0.6) is 5.75 Å². The van der Waals surface area contributed by atoms with Crippen molar-refractivity contribution in [1.82, 2.24) is 4.31 Å². The van der Waals surface area contributed by atoms with Crippen LogP contribution in [0.15, 0.2) is 47.4 Å². The van der Waals surface area contributed by atoms with Crippen molar-refractivity contribution in [2.75, 3.05) is 23.7 Å². The van der Waals surface area contributed by atoms with E-state index in [1.165, 1.54) is 28.6 Å².